The van der Waals surface area contributed by atoms with Gasteiger partial charge < -0.3 is 14.8 Å². The van der Waals surface area contributed by atoms with Gasteiger partial charge in [-0.05, 0) is 6.42 Å². The zero-order chi connectivity index (χ0) is 11.4. The summed E-state index contributed by atoms with van der Waals surface area (Å²) >= 11 is 1.85. The number of methoxy groups -OCH3 is 1. The average molecular weight is 244 g/mol. The molecule has 1 fully saturated rings. The molecular formula is C11H20N2O2S. The number of hydrogen-bond acceptors (Lipinski definition) is 5. The number of amidine groups is 1. The molecule has 92 valence electrons. The highest BCUT2D eigenvalue weighted by Crippen LogP contribution is 2.25. The lowest BCUT2D eigenvalue weighted by molar-refractivity contribution is -0.0125. The lowest BCUT2D eigenvalue weighted by Crippen LogP contribution is -2.44. The molecule has 2 atom stereocenters. The first-order valence-corrected chi connectivity index (χ1v) is 6.74. The monoisotopic (exact) mass is 244 g/mol. The van der Waals surface area contributed by atoms with E-state index in [0.717, 1.165) is 31.3 Å². The molecule has 5 heteroatoms. The minimum atomic E-state index is -0.145. The van der Waals surface area contributed by atoms with Gasteiger partial charge in [0, 0.05) is 31.9 Å². The summed E-state index contributed by atoms with van der Waals surface area (Å²) in [5.41, 5.74) is -0.145. The minimum absolute atomic E-state index is 0.145. The number of rotatable bonds is 4. The average Bonchev–Trinajstić information content (AvgIpc) is 2.96. The Labute approximate surface area is 101 Å². The van der Waals surface area contributed by atoms with Crippen LogP contribution in [-0.4, -0.2) is 49.4 Å². The fourth-order valence-corrected chi connectivity index (χ4v) is 2.86. The van der Waals surface area contributed by atoms with Crippen molar-refractivity contribution < 1.29 is 9.47 Å². The number of aliphatic imine (C=N–C) groups is 1. The molecular weight excluding hydrogens is 224 g/mol. The highest BCUT2D eigenvalue weighted by atomic mass is 32.2. The second-order valence-corrected chi connectivity index (χ2v) is 5.63. The second-order valence-electron chi connectivity index (χ2n) is 4.34. The van der Waals surface area contributed by atoms with Crippen molar-refractivity contribution in [3.63, 3.8) is 0 Å². The number of nitrogens with zero attached hydrogens (tertiary/aromatic N) is 1. The molecule has 0 spiro atoms. The van der Waals surface area contributed by atoms with E-state index in [-0.39, 0.29) is 5.60 Å². The third-order valence-electron chi connectivity index (χ3n) is 3.23. The summed E-state index contributed by atoms with van der Waals surface area (Å²) in [6, 6.07) is 0. The van der Waals surface area contributed by atoms with Crippen molar-refractivity contribution in [2.45, 2.75) is 30.6 Å². The first-order chi connectivity index (χ1) is 7.78. The molecule has 2 rings (SSSR count). The Kier molecular flexibility index (Phi) is 4.10. The second kappa shape index (κ2) is 5.38. The predicted molar refractivity (Wildman–Crippen MR) is 67.2 cm³/mol. The topological polar surface area (TPSA) is 42.9 Å². The van der Waals surface area contributed by atoms with Gasteiger partial charge >= 0.3 is 0 Å². The standard InChI is InChI=1S/C11H20N2O2S/c1-3-9-6-12-10(16-9)13-7-11(14-2)4-5-15-8-11/h9H,3-8H2,1-2H3,(H,12,13). The molecule has 0 aromatic heterocycles. The van der Waals surface area contributed by atoms with E-state index in [0.29, 0.717) is 11.9 Å². The van der Waals surface area contributed by atoms with Crippen molar-refractivity contribution in [1.82, 2.24) is 5.32 Å². The molecule has 0 saturated carbocycles. The van der Waals surface area contributed by atoms with Gasteiger partial charge in [-0.2, -0.15) is 0 Å². The fraction of sp³-hybridized carbons (Fsp3) is 0.909. The SMILES string of the molecule is CCC1CN=C(NCC2(OC)CCOC2)S1. The van der Waals surface area contributed by atoms with Crippen LogP contribution in [0.5, 0.6) is 0 Å². The van der Waals surface area contributed by atoms with Crippen LogP contribution in [0.1, 0.15) is 19.8 Å². The van der Waals surface area contributed by atoms with Crippen LogP contribution in [0.25, 0.3) is 0 Å². The molecule has 2 aliphatic rings. The molecule has 4 nitrogen and oxygen atoms in total. The van der Waals surface area contributed by atoms with E-state index in [2.05, 4.69) is 17.2 Å². The molecule has 0 amide bonds. The lowest BCUT2D eigenvalue weighted by Gasteiger charge is -2.26. The quantitative estimate of drug-likeness (QED) is 0.808. The molecule has 2 unspecified atom stereocenters. The van der Waals surface area contributed by atoms with Crippen molar-refractivity contribution in [2.24, 2.45) is 4.99 Å². The molecule has 2 aliphatic heterocycles. The summed E-state index contributed by atoms with van der Waals surface area (Å²) < 4.78 is 11.0. The van der Waals surface area contributed by atoms with E-state index in [1.165, 1.54) is 6.42 Å². The van der Waals surface area contributed by atoms with Crippen LogP contribution < -0.4 is 5.32 Å². The maximum Gasteiger partial charge on any atom is 0.157 e. The Morgan fingerprint density at radius 2 is 2.56 bits per heavy atom. The summed E-state index contributed by atoms with van der Waals surface area (Å²) in [4.78, 5) is 4.49. The Balaban J connectivity index is 1.79. The maximum absolute atomic E-state index is 5.56. The molecule has 0 aromatic carbocycles. The van der Waals surface area contributed by atoms with Gasteiger partial charge in [0.15, 0.2) is 5.17 Å². The van der Waals surface area contributed by atoms with E-state index in [1.807, 2.05) is 11.8 Å². The van der Waals surface area contributed by atoms with Crippen molar-refractivity contribution in [2.75, 3.05) is 33.4 Å². The first kappa shape index (κ1) is 12.2. The van der Waals surface area contributed by atoms with Crippen LogP contribution in [0.3, 0.4) is 0 Å². The molecule has 0 bridgehead atoms. The number of thioether (sulfide) groups is 1. The van der Waals surface area contributed by atoms with E-state index < -0.39 is 0 Å². The first-order valence-electron chi connectivity index (χ1n) is 5.86. The van der Waals surface area contributed by atoms with E-state index >= 15 is 0 Å². The van der Waals surface area contributed by atoms with Crippen molar-refractivity contribution in [1.29, 1.82) is 0 Å². The number of hydrogen-bond donors (Lipinski definition) is 1. The van der Waals surface area contributed by atoms with Gasteiger partial charge in [-0.25, -0.2) is 0 Å². The summed E-state index contributed by atoms with van der Waals surface area (Å²) in [6.07, 6.45) is 2.14. The van der Waals surface area contributed by atoms with Gasteiger partial charge in [-0.3, -0.25) is 4.99 Å². The predicted octanol–water partition coefficient (Wildman–Crippen LogP) is 1.26. The van der Waals surface area contributed by atoms with Gasteiger partial charge in [-0.15, -0.1) is 0 Å². The molecule has 1 saturated heterocycles. The number of ether oxygens (including phenoxy) is 2. The van der Waals surface area contributed by atoms with E-state index in [9.17, 15) is 0 Å². The number of nitrogens with one attached hydrogen (secondary N) is 1. The van der Waals surface area contributed by atoms with Crippen molar-refractivity contribution in [3.8, 4) is 0 Å². The third kappa shape index (κ3) is 2.70. The highest BCUT2D eigenvalue weighted by molar-refractivity contribution is 8.14. The Bertz CT molecular complexity index is 265. The zero-order valence-electron chi connectivity index (χ0n) is 9.99. The van der Waals surface area contributed by atoms with Crippen molar-refractivity contribution >= 4 is 16.9 Å². The van der Waals surface area contributed by atoms with Gasteiger partial charge in [-0.1, -0.05) is 18.7 Å². The molecule has 1 N–H and O–H groups in total. The van der Waals surface area contributed by atoms with E-state index in [1.54, 1.807) is 7.11 Å². The maximum atomic E-state index is 5.56. The summed E-state index contributed by atoms with van der Waals surface area (Å²) in [5.74, 6) is 0. The Morgan fingerprint density at radius 3 is 3.12 bits per heavy atom. The summed E-state index contributed by atoms with van der Waals surface area (Å²) in [7, 11) is 1.76. The summed E-state index contributed by atoms with van der Waals surface area (Å²) in [5, 5.41) is 5.11. The van der Waals surface area contributed by atoms with Gasteiger partial charge in [0.25, 0.3) is 0 Å². The summed E-state index contributed by atoms with van der Waals surface area (Å²) in [6.45, 7) is 5.43. The van der Waals surface area contributed by atoms with Crippen molar-refractivity contribution in [3.05, 3.63) is 0 Å². The fourth-order valence-electron chi connectivity index (χ4n) is 1.92. The van der Waals surface area contributed by atoms with Crippen LogP contribution in [0.15, 0.2) is 4.99 Å². The largest absolute Gasteiger partial charge is 0.378 e. The van der Waals surface area contributed by atoms with Crippen LogP contribution >= 0.6 is 11.8 Å². The van der Waals surface area contributed by atoms with Crippen LogP contribution in [-0.2, 0) is 9.47 Å². The minimum Gasteiger partial charge on any atom is -0.378 e. The lowest BCUT2D eigenvalue weighted by atomic mass is 10.0. The van der Waals surface area contributed by atoms with Crippen LogP contribution in [0.2, 0.25) is 0 Å². The smallest absolute Gasteiger partial charge is 0.157 e. The Morgan fingerprint density at radius 1 is 1.69 bits per heavy atom. The van der Waals surface area contributed by atoms with E-state index in [4.69, 9.17) is 9.47 Å². The van der Waals surface area contributed by atoms with Crippen LogP contribution in [0, 0.1) is 0 Å². The molecule has 16 heavy (non-hydrogen) atoms. The van der Waals surface area contributed by atoms with Gasteiger partial charge in [0.1, 0.15) is 5.60 Å². The Hall–Kier alpha value is -0.260. The van der Waals surface area contributed by atoms with Gasteiger partial charge in [0.2, 0.25) is 0 Å². The molecule has 0 aromatic rings. The van der Waals surface area contributed by atoms with Crippen LogP contribution in [0.4, 0.5) is 0 Å². The van der Waals surface area contributed by atoms with Gasteiger partial charge in [0.05, 0.1) is 13.2 Å². The normalized spacial score (nSPS) is 34.1. The molecule has 2 heterocycles. The third-order valence-corrected chi connectivity index (χ3v) is 4.55. The highest BCUT2D eigenvalue weighted by Gasteiger charge is 2.35. The molecule has 0 radical (unpaired) electrons. The zero-order valence-corrected chi connectivity index (χ0v) is 10.8. The molecule has 0 aliphatic carbocycles.